The molecule has 1 aliphatic rings. The SMILES string of the molecule is Cl.NC[C@H]1CCC[C@H]1C(=O)NCCC(N)=O. The van der Waals surface area contributed by atoms with E-state index in [9.17, 15) is 9.59 Å². The van der Waals surface area contributed by atoms with E-state index in [-0.39, 0.29) is 30.7 Å². The second-order valence-electron chi connectivity index (χ2n) is 4.04. The summed E-state index contributed by atoms with van der Waals surface area (Å²) in [4.78, 5) is 22.2. The van der Waals surface area contributed by atoms with E-state index in [2.05, 4.69) is 5.32 Å². The van der Waals surface area contributed by atoms with E-state index in [1.807, 2.05) is 0 Å². The van der Waals surface area contributed by atoms with Gasteiger partial charge >= 0.3 is 0 Å². The summed E-state index contributed by atoms with van der Waals surface area (Å²) in [5.74, 6) is -0.0391. The number of amides is 2. The van der Waals surface area contributed by atoms with Crippen molar-refractivity contribution < 1.29 is 9.59 Å². The number of carbonyl (C=O) groups excluding carboxylic acids is 2. The molecule has 1 rings (SSSR count). The molecule has 5 N–H and O–H groups in total. The summed E-state index contributed by atoms with van der Waals surface area (Å²) in [6, 6.07) is 0. The van der Waals surface area contributed by atoms with Gasteiger partial charge in [-0.2, -0.15) is 0 Å². The monoisotopic (exact) mass is 249 g/mol. The Bertz CT molecular complexity index is 248. The Balaban J connectivity index is 0.00000225. The number of hydrogen-bond acceptors (Lipinski definition) is 3. The predicted octanol–water partition coefficient (Wildman–Crippen LogP) is -0.225. The highest BCUT2D eigenvalue weighted by molar-refractivity contribution is 5.85. The normalized spacial score (nSPS) is 23.6. The molecule has 1 saturated carbocycles. The van der Waals surface area contributed by atoms with Crippen molar-refractivity contribution in [3.05, 3.63) is 0 Å². The number of rotatable bonds is 5. The molecule has 1 aliphatic carbocycles. The molecule has 0 heterocycles. The van der Waals surface area contributed by atoms with Crippen LogP contribution in [-0.2, 0) is 9.59 Å². The third-order valence-electron chi connectivity index (χ3n) is 2.97. The molecule has 0 unspecified atom stereocenters. The Morgan fingerprint density at radius 1 is 1.31 bits per heavy atom. The standard InChI is InChI=1S/C10H19N3O2.ClH/c11-6-7-2-1-3-8(7)10(15)13-5-4-9(12)14;/h7-8H,1-6,11H2,(H2,12,14)(H,13,15);1H/t7-,8-;/m1./s1. The molecule has 2 amide bonds. The van der Waals surface area contributed by atoms with E-state index < -0.39 is 5.91 Å². The van der Waals surface area contributed by atoms with Crippen molar-refractivity contribution in [2.45, 2.75) is 25.7 Å². The minimum Gasteiger partial charge on any atom is -0.370 e. The van der Waals surface area contributed by atoms with E-state index in [0.717, 1.165) is 19.3 Å². The number of nitrogens with one attached hydrogen (secondary N) is 1. The molecule has 5 nitrogen and oxygen atoms in total. The zero-order chi connectivity index (χ0) is 11.3. The van der Waals surface area contributed by atoms with E-state index >= 15 is 0 Å². The Morgan fingerprint density at radius 3 is 2.56 bits per heavy atom. The van der Waals surface area contributed by atoms with Gasteiger partial charge in [0.1, 0.15) is 0 Å². The molecule has 0 saturated heterocycles. The quantitative estimate of drug-likeness (QED) is 0.628. The van der Waals surface area contributed by atoms with Crippen molar-refractivity contribution in [2.24, 2.45) is 23.3 Å². The maximum Gasteiger partial charge on any atom is 0.223 e. The molecule has 16 heavy (non-hydrogen) atoms. The highest BCUT2D eigenvalue weighted by atomic mass is 35.5. The van der Waals surface area contributed by atoms with Gasteiger partial charge < -0.3 is 16.8 Å². The Morgan fingerprint density at radius 2 is 2.00 bits per heavy atom. The van der Waals surface area contributed by atoms with Gasteiger partial charge in [0.25, 0.3) is 0 Å². The van der Waals surface area contributed by atoms with Crippen LogP contribution in [0.15, 0.2) is 0 Å². The third kappa shape index (κ3) is 4.37. The van der Waals surface area contributed by atoms with Crippen LogP contribution in [0.5, 0.6) is 0 Å². The second kappa shape index (κ2) is 7.46. The number of primary amides is 1. The Labute approximate surface area is 102 Å². The van der Waals surface area contributed by atoms with Gasteiger partial charge in [-0.15, -0.1) is 12.4 Å². The minimum absolute atomic E-state index is 0. The predicted molar refractivity (Wildman–Crippen MR) is 64.0 cm³/mol. The van der Waals surface area contributed by atoms with Crippen LogP contribution in [0.1, 0.15) is 25.7 Å². The van der Waals surface area contributed by atoms with Gasteiger partial charge in [-0.05, 0) is 25.3 Å². The molecular weight excluding hydrogens is 230 g/mol. The van der Waals surface area contributed by atoms with Crippen LogP contribution >= 0.6 is 12.4 Å². The van der Waals surface area contributed by atoms with Gasteiger partial charge in [0, 0.05) is 18.9 Å². The number of hydrogen-bond donors (Lipinski definition) is 3. The van der Waals surface area contributed by atoms with Crippen LogP contribution in [0.3, 0.4) is 0 Å². The average molecular weight is 250 g/mol. The lowest BCUT2D eigenvalue weighted by molar-refractivity contribution is -0.126. The van der Waals surface area contributed by atoms with Crippen molar-refractivity contribution in [3.8, 4) is 0 Å². The number of carbonyl (C=O) groups is 2. The van der Waals surface area contributed by atoms with Crippen LogP contribution < -0.4 is 16.8 Å². The fourth-order valence-electron chi connectivity index (χ4n) is 2.10. The summed E-state index contributed by atoms with van der Waals surface area (Å²) in [6.45, 7) is 0.899. The maximum absolute atomic E-state index is 11.7. The van der Waals surface area contributed by atoms with E-state index in [1.54, 1.807) is 0 Å². The van der Waals surface area contributed by atoms with Crippen LogP contribution in [0.4, 0.5) is 0 Å². The molecule has 0 radical (unpaired) electrons. The molecule has 0 bridgehead atoms. The molecule has 0 aromatic rings. The van der Waals surface area contributed by atoms with Crippen LogP contribution in [-0.4, -0.2) is 24.9 Å². The first-order valence-electron chi connectivity index (χ1n) is 5.41. The van der Waals surface area contributed by atoms with E-state index in [0.29, 0.717) is 19.0 Å². The first-order valence-corrected chi connectivity index (χ1v) is 5.41. The lowest BCUT2D eigenvalue weighted by atomic mass is 9.95. The lowest BCUT2D eigenvalue weighted by Crippen LogP contribution is -2.36. The number of halogens is 1. The highest BCUT2D eigenvalue weighted by Gasteiger charge is 2.31. The van der Waals surface area contributed by atoms with E-state index in [4.69, 9.17) is 11.5 Å². The van der Waals surface area contributed by atoms with Crippen molar-refractivity contribution in [1.29, 1.82) is 0 Å². The number of nitrogens with two attached hydrogens (primary N) is 2. The molecule has 1 fully saturated rings. The fraction of sp³-hybridized carbons (Fsp3) is 0.800. The molecular formula is C10H20ClN3O2. The average Bonchev–Trinajstić information content (AvgIpc) is 2.64. The minimum atomic E-state index is -0.392. The zero-order valence-electron chi connectivity index (χ0n) is 9.28. The molecule has 0 spiro atoms. The summed E-state index contributed by atoms with van der Waals surface area (Å²) in [5.41, 5.74) is 10.6. The summed E-state index contributed by atoms with van der Waals surface area (Å²) >= 11 is 0. The molecule has 2 atom stereocenters. The van der Waals surface area contributed by atoms with Crippen molar-refractivity contribution in [2.75, 3.05) is 13.1 Å². The van der Waals surface area contributed by atoms with Crippen LogP contribution in [0.25, 0.3) is 0 Å². The van der Waals surface area contributed by atoms with Gasteiger partial charge in [0.2, 0.25) is 11.8 Å². The van der Waals surface area contributed by atoms with E-state index in [1.165, 1.54) is 0 Å². The van der Waals surface area contributed by atoms with Gasteiger partial charge in [0.05, 0.1) is 0 Å². The first-order chi connectivity index (χ1) is 7.15. The van der Waals surface area contributed by atoms with Crippen molar-refractivity contribution in [1.82, 2.24) is 5.32 Å². The third-order valence-corrected chi connectivity index (χ3v) is 2.97. The first kappa shape index (κ1) is 15.2. The summed E-state index contributed by atoms with van der Waals surface area (Å²) in [5, 5.41) is 2.72. The Kier molecular flexibility index (Phi) is 7.08. The highest BCUT2D eigenvalue weighted by Crippen LogP contribution is 2.30. The lowest BCUT2D eigenvalue weighted by Gasteiger charge is -2.16. The van der Waals surface area contributed by atoms with Crippen molar-refractivity contribution in [3.63, 3.8) is 0 Å². The molecule has 94 valence electrons. The van der Waals surface area contributed by atoms with Crippen LogP contribution in [0, 0.1) is 11.8 Å². The van der Waals surface area contributed by atoms with Gasteiger partial charge in [-0.1, -0.05) is 6.42 Å². The van der Waals surface area contributed by atoms with Gasteiger partial charge in [0.15, 0.2) is 0 Å². The topological polar surface area (TPSA) is 98.2 Å². The van der Waals surface area contributed by atoms with Gasteiger partial charge in [-0.25, -0.2) is 0 Å². The summed E-state index contributed by atoms with van der Waals surface area (Å²) in [7, 11) is 0. The molecule has 0 aliphatic heterocycles. The molecule has 6 heteroatoms. The maximum atomic E-state index is 11.7. The summed E-state index contributed by atoms with van der Waals surface area (Å²) in [6.07, 6.45) is 3.20. The summed E-state index contributed by atoms with van der Waals surface area (Å²) < 4.78 is 0. The van der Waals surface area contributed by atoms with Crippen molar-refractivity contribution >= 4 is 24.2 Å². The Hall–Kier alpha value is -0.810. The fourth-order valence-corrected chi connectivity index (χ4v) is 2.10. The van der Waals surface area contributed by atoms with Crippen LogP contribution in [0.2, 0.25) is 0 Å². The largest absolute Gasteiger partial charge is 0.370 e. The second-order valence-corrected chi connectivity index (χ2v) is 4.04. The molecule has 0 aromatic heterocycles. The van der Waals surface area contributed by atoms with Gasteiger partial charge in [-0.3, -0.25) is 9.59 Å². The smallest absolute Gasteiger partial charge is 0.223 e. The zero-order valence-corrected chi connectivity index (χ0v) is 10.1. The molecule has 0 aromatic carbocycles.